The number of rotatable bonds is 2. The molecule has 4 N–H and O–H groups in total. The predicted molar refractivity (Wildman–Crippen MR) is 88.2 cm³/mol. The molecule has 2 aromatic carbocycles. The summed E-state index contributed by atoms with van der Waals surface area (Å²) in [6.45, 7) is 0. The fraction of sp³-hybridized carbons (Fsp3) is 0.118. The van der Waals surface area contributed by atoms with Crippen LogP contribution < -0.4 is 11.5 Å². The van der Waals surface area contributed by atoms with E-state index >= 15 is 0 Å². The molecular formula is C17H17N3O4. The van der Waals surface area contributed by atoms with Gasteiger partial charge < -0.3 is 16.3 Å². The van der Waals surface area contributed by atoms with Crippen molar-refractivity contribution < 1.29 is 19.2 Å². The van der Waals surface area contributed by atoms with E-state index in [1.807, 2.05) is 30.3 Å². The largest absolute Gasteiger partial charge is 0.399 e. The number of carbonyl (C=O) groups is 3. The van der Waals surface area contributed by atoms with Gasteiger partial charge in [0.2, 0.25) is 0 Å². The standard InChI is InChI=1S/C11H10N2O4.C6H7N/c12-8-3-1-2-7(6-8)11(16)17-13-9(14)4-5-10(13)15;7-6-4-2-1-3-5-6/h1-3,6H,4-5,12H2;1-5H,7H2. The molecular weight excluding hydrogens is 310 g/mol. The SMILES string of the molecule is Nc1cccc(C(=O)ON2C(=O)CCC2=O)c1.Nc1ccccc1. The van der Waals surface area contributed by atoms with Crippen molar-refractivity contribution in [1.82, 2.24) is 5.06 Å². The Morgan fingerprint density at radius 1 is 0.875 bits per heavy atom. The first-order valence-corrected chi connectivity index (χ1v) is 7.21. The van der Waals surface area contributed by atoms with E-state index in [1.54, 1.807) is 12.1 Å². The van der Waals surface area contributed by atoms with Gasteiger partial charge >= 0.3 is 5.97 Å². The number of nitrogens with two attached hydrogens (primary N) is 2. The van der Waals surface area contributed by atoms with E-state index in [9.17, 15) is 14.4 Å². The molecule has 0 unspecified atom stereocenters. The topological polar surface area (TPSA) is 116 Å². The van der Waals surface area contributed by atoms with Crippen molar-refractivity contribution in [2.24, 2.45) is 0 Å². The Kier molecular flexibility index (Phi) is 5.51. The number of amides is 2. The van der Waals surface area contributed by atoms with E-state index in [0.29, 0.717) is 10.8 Å². The maximum Gasteiger partial charge on any atom is 0.363 e. The highest BCUT2D eigenvalue weighted by Gasteiger charge is 2.33. The molecule has 0 saturated carbocycles. The quantitative estimate of drug-likeness (QED) is 0.641. The summed E-state index contributed by atoms with van der Waals surface area (Å²) in [7, 11) is 0. The molecule has 0 bridgehead atoms. The van der Waals surface area contributed by atoms with Gasteiger partial charge in [0.05, 0.1) is 5.56 Å². The number of hydrogen-bond acceptors (Lipinski definition) is 6. The Labute approximate surface area is 138 Å². The highest BCUT2D eigenvalue weighted by Crippen LogP contribution is 2.15. The summed E-state index contributed by atoms with van der Waals surface area (Å²) in [5.74, 6) is -1.79. The highest BCUT2D eigenvalue weighted by atomic mass is 16.7. The Bertz CT molecular complexity index is 731. The number of carbonyl (C=O) groups excluding carboxylic acids is 3. The summed E-state index contributed by atoms with van der Waals surface area (Å²) in [5.41, 5.74) is 12.3. The molecule has 124 valence electrons. The van der Waals surface area contributed by atoms with Crippen molar-refractivity contribution in [3.63, 3.8) is 0 Å². The van der Waals surface area contributed by atoms with Gasteiger partial charge in [0.1, 0.15) is 0 Å². The average molecular weight is 327 g/mol. The lowest BCUT2D eigenvalue weighted by Gasteiger charge is -2.12. The van der Waals surface area contributed by atoms with Gasteiger partial charge in [-0.15, -0.1) is 5.06 Å². The van der Waals surface area contributed by atoms with E-state index in [-0.39, 0.29) is 18.4 Å². The molecule has 0 aliphatic carbocycles. The van der Waals surface area contributed by atoms with Crippen LogP contribution in [0.2, 0.25) is 0 Å². The average Bonchev–Trinajstić information content (AvgIpc) is 2.88. The van der Waals surface area contributed by atoms with Crippen molar-refractivity contribution in [3.05, 3.63) is 60.2 Å². The molecule has 2 aromatic rings. The summed E-state index contributed by atoms with van der Waals surface area (Å²) in [4.78, 5) is 38.8. The van der Waals surface area contributed by atoms with Crippen LogP contribution >= 0.6 is 0 Å². The normalized spacial score (nSPS) is 13.2. The Balaban J connectivity index is 0.000000249. The molecule has 0 spiro atoms. The molecule has 0 aromatic heterocycles. The third-order valence-electron chi connectivity index (χ3n) is 3.10. The fourth-order valence-corrected chi connectivity index (χ4v) is 1.91. The molecule has 0 radical (unpaired) electrons. The van der Waals surface area contributed by atoms with Crippen molar-refractivity contribution >= 4 is 29.2 Å². The molecule has 1 aliphatic heterocycles. The first kappa shape index (κ1) is 17.0. The van der Waals surface area contributed by atoms with E-state index in [1.165, 1.54) is 12.1 Å². The third-order valence-corrected chi connectivity index (χ3v) is 3.10. The van der Waals surface area contributed by atoms with E-state index in [0.717, 1.165) is 5.69 Å². The molecule has 7 heteroatoms. The highest BCUT2D eigenvalue weighted by molar-refractivity contribution is 6.02. The number of nitrogen functional groups attached to an aromatic ring is 2. The Morgan fingerprint density at radius 2 is 1.46 bits per heavy atom. The number of anilines is 2. The first-order chi connectivity index (χ1) is 11.5. The zero-order chi connectivity index (χ0) is 17.5. The van der Waals surface area contributed by atoms with Crippen LogP contribution in [0.4, 0.5) is 11.4 Å². The van der Waals surface area contributed by atoms with Gasteiger partial charge in [0, 0.05) is 24.2 Å². The molecule has 1 aliphatic rings. The first-order valence-electron chi connectivity index (χ1n) is 7.21. The van der Waals surface area contributed by atoms with Crippen molar-refractivity contribution in [3.8, 4) is 0 Å². The maximum absolute atomic E-state index is 11.6. The number of nitrogens with zero attached hydrogens (tertiary/aromatic N) is 1. The lowest BCUT2D eigenvalue weighted by molar-refractivity contribution is -0.172. The number of hydrogen-bond donors (Lipinski definition) is 2. The smallest absolute Gasteiger partial charge is 0.363 e. The van der Waals surface area contributed by atoms with Crippen LogP contribution in [0.25, 0.3) is 0 Å². The molecule has 1 heterocycles. The minimum Gasteiger partial charge on any atom is -0.399 e. The van der Waals surface area contributed by atoms with Crippen LogP contribution in [0, 0.1) is 0 Å². The zero-order valence-electron chi connectivity index (χ0n) is 12.8. The molecule has 1 fully saturated rings. The molecule has 3 rings (SSSR count). The van der Waals surface area contributed by atoms with Crippen LogP contribution in [-0.2, 0) is 14.4 Å². The monoisotopic (exact) mass is 327 g/mol. The maximum atomic E-state index is 11.6. The van der Waals surface area contributed by atoms with Crippen molar-refractivity contribution in [2.45, 2.75) is 12.8 Å². The summed E-state index contributed by atoms with van der Waals surface area (Å²) >= 11 is 0. The van der Waals surface area contributed by atoms with Crippen LogP contribution in [0.3, 0.4) is 0 Å². The van der Waals surface area contributed by atoms with Crippen LogP contribution in [0.5, 0.6) is 0 Å². The van der Waals surface area contributed by atoms with Crippen LogP contribution in [0.15, 0.2) is 54.6 Å². The molecule has 24 heavy (non-hydrogen) atoms. The minimum atomic E-state index is -0.777. The predicted octanol–water partition coefficient (Wildman–Crippen LogP) is 1.76. The van der Waals surface area contributed by atoms with Gasteiger partial charge in [-0.3, -0.25) is 9.59 Å². The van der Waals surface area contributed by atoms with Crippen LogP contribution in [-0.4, -0.2) is 22.8 Å². The van der Waals surface area contributed by atoms with Crippen molar-refractivity contribution in [2.75, 3.05) is 11.5 Å². The summed E-state index contributed by atoms with van der Waals surface area (Å²) < 4.78 is 0. The van der Waals surface area contributed by atoms with Gasteiger partial charge in [-0.25, -0.2) is 4.79 Å². The second kappa shape index (κ2) is 7.77. The second-order valence-electron chi connectivity index (χ2n) is 5.00. The van der Waals surface area contributed by atoms with Crippen molar-refractivity contribution in [1.29, 1.82) is 0 Å². The van der Waals surface area contributed by atoms with Gasteiger partial charge in [-0.1, -0.05) is 24.3 Å². The summed E-state index contributed by atoms with van der Waals surface area (Å²) in [6, 6.07) is 15.6. The van der Waals surface area contributed by atoms with Crippen LogP contribution in [0.1, 0.15) is 23.2 Å². The Hall–Kier alpha value is -3.35. The van der Waals surface area contributed by atoms with E-state index in [2.05, 4.69) is 0 Å². The van der Waals surface area contributed by atoms with E-state index < -0.39 is 17.8 Å². The third kappa shape index (κ3) is 4.57. The molecule has 2 amide bonds. The number of para-hydroxylation sites is 1. The summed E-state index contributed by atoms with van der Waals surface area (Å²) in [5, 5.41) is 0.505. The number of benzene rings is 2. The molecule has 1 saturated heterocycles. The van der Waals surface area contributed by atoms with Gasteiger partial charge in [-0.2, -0.15) is 0 Å². The minimum absolute atomic E-state index is 0.0725. The van der Waals surface area contributed by atoms with Gasteiger partial charge in [0.15, 0.2) is 0 Å². The second-order valence-corrected chi connectivity index (χ2v) is 5.00. The lowest BCUT2D eigenvalue weighted by Crippen LogP contribution is -2.32. The fourth-order valence-electron chi connectivity index (χ4n) is 1.91. The Morgan fingerprint density at radius 3 is 1.96 bits per heavy atom. The lowest BCUT2D eigenvalue weighted by atomic mass is 10.2. The van der Waals surface area contributed by atoms with E-state index in [4.69, 9.17) is 16.3 Å². The van der Waals surface area contributed by atoms with Gasteiger partial charge in [0.25, 0.3) is 11.8 Å². The molecule has 7 nitrogen and oxygen atoms in total. The molecule has 0 atom stereocenters. The van der Waals surface area contributed by atoms with Gasteiger partial charge in [-0.05, 0) is 30.3 Å². The summed E-state index contributed by atoms with van der Waals surface area (Å²) in [6.07, 6.45) is 0.145. The zero-order valence-corrected chi connectivity index (χ0v) is 12.8. The number of hydroxylamine groups is 2. The number of imide groups is 1.